The second-order valence-electron chi connectivity index (χ2n) is 6.14. The first-order valence-corrected chi connectivity index (χ1v) is 7.87. The van der Waals surface area contributed by atoms with Crippen molar-refractivity contribution in [2.75, 3.05) is 13.2 Å². The molecule has 0 bridgehead atoms. The van der Waals surface area contributed by atoms with Crippen LogP contribution in [0.5, 0.6) is 0 Å². The number of fused-ring (bicyclic) bond motifs is 1. The molecule has 2 saturated heterocycles. The summed E-state index contributed by atoms with van der Waals surface area (Å²) in [7, 11) is 0. The minimum Gasteiger partial charge on any atom is -0.463 e. The van der Waals surface area contributed by atoms with Crippen molar-refractivity contribution in [2.45, 2.75) is 32.4 Å². The smallest absolute Gasteiger partial charge is 0.368 e. The van der Waals surface area contributed by atoms with Gasteiger partial charge < -0.3 is 14.5 Å². The molecule has 7 nitrogen and oxygen atoms in total. The van der Waals surface area contributed by atoms with Crippen LogP contribution in [0.3, 0.4) is 0 Å². The zero-order valence-corrected chi connectivity index (χ0v) is 13.4. The average Bonchev–Trinajstić information content (AvgIpc) is 3.18. The van der Waals surface area contributed by atoms with Gasteiger partial charge in [-0.3, -0.25) is 14.5 Å². The second-order valence-corrected chi connectivity index (χ2v) is 6.14. The number of hydrogen-bond acceptors (Lipinski definition) is 5. The number of hydrogen-bond donors (Lipinski definition) is 1. The Morgan fingerprint density at radius 3 is 2.70 bits per heavy atom. The zero-order chi connectivity index (χ0) is 16.8. The molecule has 0 aliphatic carbocycles. The van der Waals surface area contributed by atoms with Crippen molar-refractivity contribution >= 4 is 17.8 Å². The maximum Gasteiger partial charge on any atom is 0.368 e. The van der Waals surface area contributed by atoms with Gasteiger partial charge in [-0.15, -0.1) is 0 Å². The molecule has 2 aliphatic rings. The van der Waals surface area contributed by atoms with Crippen molar-refractivity contribution in [1.29, 1.82) is 0 Å². The molecule has 0 unspecified atom stereocenters. The summed E-state index contributed by atoms with van der Waals surface area (Å²) in [6.07, 6.45) is 1.52. The van der Waals surface area contributed by atoms with Crippen LogP contribution in [-0.2, 0) is 19.1 Å². The van der Waals surface area contributed by atoms with Crippen molar-refractivity contribution in [3.63, 3.8) is 0 Å². The lowest BCUT2D eigenvalue weighted by molar-refractivity contribution is -0.732. The number of likely N-dealkylation sites (tertiary alicyclic amines) is 1. The molecule has 2 aliphatic heterocycles. The number of quaternary nitrogens is 1. The van der Waals surface area contributed by atoms with Crippen LogP contribution in [-0.4, -0.2) is 41.4 Å². The molecule has 0 spiro atoms. The first-order valence-electron chi connectivity index (χ1n) is 7.87. The van der Waals surface area contributed by atoms with Gasteiger partial charge in [-0.1, -0.05) is 0 Å². The number of rotatable bonds is 4. The molecule has 23 heavy (non-hydrogen) atoms. The van der Waals surface area contributed by atoms with E-state index >= 15 is 0 Å². The average molecular weight is 321 g/mol. The summed E-state index contributed by atoms with van der Waals surface area (Å²) < 4.78 is 10.6. The van der Waals surface area contributed by atoms with Gasteiger partial charge in [-0.2, -0.15) is 0 Å². The number of nitrogens with two attached hydrogens (primary N) is 1. The third-order valence-electron chi connectivity index (χ3n) is 4.90. The SMILES string of the molecule is CCOC(=O)[C@]1(C)[NH2+][C@@H](c2ccco2)[C@@H]2C(=O)N(CC)C(=O)[C@H]21. The van der Waals surface area contributed by atoms with Gasteiger partial charge in [0, 0.05) is 13.5 Å². The molecule has 3 heterocycles. The molecule has 0 saturated carbocycles. The molecule has 7 heteroatoms. The summed E-state index contributed by atoms with van der Waals surface area (Å²) in [6, 6.07) is 3.09. The van der Waals surface area contributed by atoms with Crippen molar-refractivity contribution in [2.24, 2.45) is 11.8 Å². The number of nitrogens with zero attached hydrogens (tertiary/aromatic N) is 1. The first kappa shape index (κ1) is 15.7. The van der Waals surface area contributed by atoms with E-state index in [-0.39, 0.29) is 18.4 Å². The van der Waals surface area contributed by atoms with E-state index in [1.165, 1.54) is 11.2 Å². The zero-order valence-electron chi connectivity index (χ0n) is 13.4. The number of amides is 2. The Morgan fingerprint density at radius 2 is 2.13 bits per heavy atom. The van der Waals surface area contributed by atoms with Gasteiger partial charge in [0.2, 0.25) is 17.4 Å². The summed E-state index contributed by atoms with van der Waals surface area (Å²) in [5.41, 5.74) is -1.13. The molecule has 124 valence electrons. The lowest BCUT2D eigenvalue weighted by Gasteiger charge is -2.25. The Bertz CT molecular complexity index is 641. The van der Waals surface area contributed by atoms with Crippen LogP contribution in [0.4, 0.5) is 0 Å². The van der Waals surface area contributed by atoms with Crippen molar-refractivity contribution in [1.82, 2.24) is 4.90 Å². The van der Waals surface area contributed by atoms with Gasteiger partial charge >= 0.3 is 5.97 Å². The van der Waals surface area contributed by atoms with Gasteiger partial charge in [-0.25, -0.2) is 4.79 Å². The molecule has 0 radical (unpaired) electrons. The minimum atomic E-state index is -1.13. The molecule has 2 amide bonds. The first-order chi connectivity index (χ1) is 11.0. The highest BCUT2D eigenvalue weighted by molar-refractivity contribution is 6.08. The number of imide groups is 1. The van der Waals surface area contributed by atoms with Gasteiger partial charge in [0.15, 0.2) is 11.8 Å². The van der Waals surface area contributed by atoms with Crippen LogP contribution in [0.25, 0.3) is 0 Å². The van der Waals surface area contributed by atoms with E-state index in [2.05, 4.69) is 0 Å². The van der Waals surface area contributed by atoms with E-state index in [1.807, 2.05) is 0 Å². The normalized spacial score (nSPS) is 33.2. The predicted molar refractivity (Wildman–Crippen MR) is 77.8 cm³/mol. The van der Waals surface area contributed by atoms with E-state index in [4.69, 9.17) is 9.15 Å². The summed E-state index contributed by atoms with van der Waals surface area (Å²) in [5.74, 6) is -1.76. The molecular weight excluding hydrogens is 300 g/mol. The van der Waals surface area contributed by atoms with E-state index in [9.17, 15) is 14.4 Å². The lowest BCUT2D eigenvalue weighted by atomic mass is 9.81. The van der Waals surface area contributed by atoms with Gasteiger partial charge in [0.25, 0.3) is 0 Å². The third kappa shape index (κ3) is 2.10. The van der Waals surface area contributed by atoms with Gasteiger partial charge in [-0.05, 0) is 26.0 Å². The summed E-state index contributed by atoms with van der Waals surface area (Å²) in [6.45, 7) is 5.68. The lowest BCUT2D eigenvalue weighted by Crippen LogP contribution is -2.97. The number of carbonyl (C=O) groups excluding carboxylic acids is 3. The summed E-state index contributed by atoms with van der Waals surface area (Å²) in [4.78, 5) is 39.1. The van der Waals surface area contributed by atoms with Crippen LogP contribution < -0.4 is 5.32 Å². The fraction of sp³-hybridized carbons (Fsp3) is 0.562. The number of carbonyl (C=O) groups is 3. The Labute approximate surface area is 134 Å². The molecule has 2 N–H and O–H groups in total. The van der Waals surface area contributed by atoms with Crippen LogP contribution in [0, 0.1) is 11.8 Å². The van der Waals surface area contributed by atoms with Crippen molar-refractivity contribution < 1.29 is 28.9 Å². The number of furan rings is 1. The second kappa shape index (κ2) is 5.49. The quantitative estimate of drug-likeness (QED) is 0.614. The molecule has 4 atom stereocenters. The molecule has 1 aromatic heterocycles. The predicted octanol–water partition coefficient (Wildman–Crippen LogP) is -0.159. The highest BCUT2D eigenvalue weighted by atomic mass is 16.5. The molecule has 0 aromatic carbocycles. The van der Waals surface area contributed by atoms with E-state index in [0.717, 1.165) is 0 Å². The molecule has 2 fully saturated rings. The third-order valence-corrected chi connectivity index (χ3v) is 4.90. The number of esters is 1. The monoisotopic (exact) mass is 321 g/mol. The summed E-state index contributed by atoms with van der Waals surface area (Å²) in [5, 5.41) is 1.75. The Balaban J connectivity index is 2.06. The highest BCUT2D eigenvalue weighted by Crippen LogP contribution is 2.44. The van der Waals surface area contributed by atoms with Crippen molar-refractivity contribution in [3.05, 3.63) is 24.2 Å². The molecule has 1 aromatic rings. The van der Waals surface area contributed by atoms with Crippen LogP contribution >= 0.6 is 0 Å². The maximum absolute atomic E-state index is 12.7. The number of ether oxygens (including phenoxy) is 1. The Kier molecular flexibility index (Phi) is 3.75. The Hall–Kier alpha value is -2.15. The minimum absolute atomic E-state index is 0.227. The van der Waals surface area contributed by atoms with Gasteiger partial charge in [0.05, 0.1) is 12.9 Å². The van der Waals surface area contributed by atoms with Crippen molar-refractivity contribution in [3.8, 4) is 0 Å². The van der Waals surface area contributed by atoms with Gasteiger partial charge in [0.1, 0.15) is 11.8 Å². The van der Waals surface area contributed by atoms with E-state index in [0.29, 0.717) is 12.3 Å². The largest absolute Gasteiger partial charge is 0.463 e. The van der Waals surface area contributed by atoms with Crippen LogP contribution in [0.15, 0.2) is 22.8 Å². The Morgan fingerprint density at radius 1 is 1.39 bits per heavy atom. The van der Waals surface area contributed by atoms with Crippen LogP contribution in [0.2, 0.25) is 0 Å². The van der Waals surface area contributed by atoms with Crippen LogP contribution in [0.1, 0.15) is 32.6 Å². The standard InChI is InChI=1S/C16H20N2O5/c1-4-18-13(19)10-11(14(18)20)16(3,15(21)22-5-2)17-12(10)9-7-6-8-23-9/h6-8,10-12,17H,4-5H2,1-3H3/p+1/t10-,11+,12+,16-/m1/s1. The highest BCUT2D eigenvalue weighted by Gasteiger charge is 2.71. The fourth-order valence-electron chi connectivity index (χ4n) is 3.86. The molecule has 3 rings (SSSR count). The topological polar surface area (TPSA) is 93.4 Å². The maximum atomic E-state index is 12.7. The van der Waals surface area contributed by atoms with E-state index < -0.39 is 29.4 Å². The summed E-state index contributed by atoms with van der Waals surface area (Å²) >= 11 is 0. The molecular formula is C16H21N2O5+. The fourth-order valence-corrected chi connectivity index (χ4v) is 3.86. The van der Waals surface area contributed by atoms with E-state index in [1.54, 1.807) is 38.2 Å².